The molecule has 1 aliphatic heterocycles. The highest BCUT2D eigenvalue weighted by Gasteiger charge is 2.16. The molecule has 0 aliphatic carbocycles. The fourth-order valence-corrected chi connectivity index (χ4v) is 5.68. The van der Waals surface area contributed by atoms with Gasteiger partial charge in [0.1, 0.15) is 0 Å². The van der Waals surface area contributed by atoms with Crippen LogP contribution in [0.5, 0.6) is 0 Å². The Morgan fingerprint density at radius 2 is 1.96 bits per heavy atom. The summed E-state index contributed by atoms with van der Waals surface area (Å²) in [5, 5.41) is 1.10. The normalized spacial score (nSPS) is 15.2. The number of nitrogens with zero attached hydrogens (tertiary/aromatic N) is 3. The van der Waals surface area contributed by atoms with E-state index in [4.69, 9.17) is 4.98 Å². The Labute approximate surface area is 164 Å². The second kappa shape index (κ2) is 7.37. The lowest BCUT2D eigenvalue weighted by atomic mass is 10.1. The molecular weight excluding hydrogens is 374 g/mol. The number of benzene rings is 1. The molecule has 0 saturated heterocycles. The number of aryl methyl sites for hydroxylation is 2. The first kappa shape index (κ1) is 18.1. The summed E-state index contributed by atoms with van der Waals surface area (Å²) in [5.41, 5.74) is 4.33. The molecule has 0 atom stereocenters. The molecule has 3 aromatic rings. The quantitative estimate of drug-likeness (QED) is 0.555. The molecule has 6 heteroatoms. The van der Waals surface area contributed by atoms with Crippen molar-refractivity contribution >= 4 is 26.9 Å². The second-order valence-corrected chi connectivity index (χ2v) is 10.1. The molecule has 4 nitrogen and oxygen atoms in total. The Bertz CT molecular complexity index is 1120. The summed E-state index contributed by atoms with van der Waals surface area (Å²) in [7, 11) is -2.23. The topological polar surface area (TPSA) is 55.2 Å². The lowest BCUT2D eigenvalue weighted by Gasteiger charge is -2.05. The first-order valence-electron chi connectivity index (χ1n) is 8.97. The van der Waals surface area contributed by atoms with Gasteiger partial charge in [-0.25, -0.2) is 14.2 Å². The van der Waals surface area contributed by atoms with Gasteiger partial charge in [0.25, 0.3) is 0 Å². The fraction of sp³-hybridized carbons (Fsp3) is 0.238. The van der Waals surface area contributed by atoms with Crippen LogP contribution in [0, 0.1) is 6.92 Å². The first-order chi connectivity index (χ1) is 13.1. The van der Waals surface area contributed by atoms with Crippen LogP contribution in [0.2, 0.25) is 0 Å². The number of rotatable bonds is 4. The van der Waals surface area contributed by atoms with E-state index in [1.807, 2.05) is 24.3 Å². The third-order valence-corrected chi connectivity index (χ3v) is 7.61. The molecule has 0 spiro atoms. The molecule has 0 unspecified atom stereocenters. The van der Waals surface area contributed by atoms with Crippen molar-refractivity contribution in [2.24, 2.45) is 4.36 Å². The van der Waals surface area contributed by atoms with Crippen molar-refractivity contribution in [2.45, 2.75) is 20.3 Å². The predicted molar refractivity (Wildman–Crippen MR) is 114 cm³/mol. The van der Waals surface area contributed by atoms with Crippen LogP contribution < -0.4 is 0 Å². The predicted octanol–water partition coefficient (Wildman–Crippen LogP) is 5.41. The summed E-state index contributed by atoms with van der Waals surface area (Å²) in [6.45, 7) is 4.21. The van der Waals surface area contributed by atoms with Crippen LogP contribution >= 0.6 is 11.3 Å². The third-order valence-electron chi connectivity index (χ3n) is 4.41. The lowest BCUT2D eigenvalue weighted by Crippen LogP contribution is -2.00. The van der Waals surface area contributed by atoms with Gasteiger partial charge in [-0.2, -0.15) is 4.36 Å². The van der Waals surface area contributed by atoms with E-state index in [0.717, 1.165) is 33.1 Å². The minimum Gasteiger partial charge on any atom is -0.249 e. The molecule has 2 aromatic heterocycles. The van der Waals surface area contributed by atoms with Gasteiger partial charge in [0.15, 0.2) is 5.82 Å². The highest BCUT2D eigenvalue weighted by atomic mass is 32.2. The molecule has 4 rings (SSSR count). The summed E-state index contributed by atoms with van der Waals surface area (Å²) in [6, 6.07) is 12.3. The molecule has 1 aliphatic rings. The first-order valence-corrected chi connectivity index (χ1v) is 11.6. The monoisotopic (exact) mass is 395 g/mol. The maximum atomic E-state index is 12.7. The van der Waals surface area contributed by atoms with Gasteiger partial charge in [-0.1, -0.05) is 42.8 Å². The molecule has 1 aromatic carbocycles. The van der Waals surface area contributed by atoms with Gasteiger partial charge < -0.3 is 0 Å². The largest absolute Gasteiger partial charge is 0.249 e. The van der Waals surface area contributed by atoms with Crippen LogP contribution in [0.1, 0.15) is 17.5 Å². The molecular formula is C21H21N3OS2. The van der Waals surface area contributed by atoms with Gasteiger partial charge in [0, 0.05) is 11.8 Å². The van der Waals surface area contributed by atoms with Crippen LogP contribution in [0.15, 0.2) is 59.1 Å². The van der Waals surface area contributed by atoms with Gasteiger partial charge in [0.2, 0.25) is 0 Å². The number of thiazole rings is 1. The fourth-order valence-electron chi connectivity index (χ4n) is 3.06. The lowest BCUT2D eigenvalue weighted by molar-refractivity contribution is 0.682. The minimum atomic E-state index is -2.23. The van der Waals surface area contributed by atoms with Crippen molar-refractivity contribution in [3.63, 3.8) is 0 Å². The van der Waals surface area contributed by atoms with E-state index in [0.29, 0.717) is 17.3 Å². The van der Waals surface area contributed by atoms with Gasteiger partial charge in [-0.15, -0.1) is 11.3 Å². The van der Waals surface area contributed by atoms with E-state index in [-0.39, 0.29) is 0 Å². The van der Waals surface area contributed by atoms with E-state index in [2.05, 4.69) is 47.5 Å². The Morgan fingerprint density at radius 1 is 1.15 bits per heavy atom. The minimum absolute atomic E-state index is 0.508. The highest BCUT2D eigenvalue weighted by molar-refractivity contribution is 7.94. The average Bonchev–Trinajstić information content (AvgIpc) is 3.28. The number of aromatic nitrogens is 2. The highest BCUT2D eigenvalue weighted by Crippen LogP contribution is 2.38. The van der Waals surface area contributed by atoms with Gasteiger partial charge in [0.05, 0.1) is 36.8 Å². The molecule has 0 saturated carbocycles. The maximum absolute atomic E-state index is 12.7. The number of pyridine rings is 1. The standard InChI is InChI=1S/C21H21N3OS2/c1-3-19-23-20(16-8-6-7-15(2)13-16)21(26-19)17-9-10-22-18(14-17)24-27(25)11-4-5-12-27/h4-10,13-14H,3,11-12H2,1-2H3. The molecule has 0 radical (unpaired) electrons. The zero-order chi connectivity index (χ0) is 18.9. The Balaban J connectivity index is 1.81. The molecule has 27 heavy (non-hydrogen) atoms. The molecule has 0 fully saturated rings. The molecule has 0 amide bonds. The van der Waals surface area contributed by atoms with Crippen LogP contribution in [0.3, 0.4) is 0 Å². The van der Waals surface area contributed by atoms with E-state index in [9.17, 15) is 4.21 Å². The SMILES string of the molecule is CCc1nc(-c2cccc(C)c2)c(-c2ccnc(N=S3(=O)CC=CC3)c2)s1. The molecule has 0 bridgehead atoms. The summed E-state index contributed by atoms with van der Waals surface area (Å²) in [6.07, 6.45) is 6.50. The van der Waals surface area contributed by atoms with Gasteiger partial charge in [-0.05, 0) is 37.1 Å². The van der Waals surface area contributed by atoms with Crippen molar-refractivity contribution in [1.29, 1.82) is 0 Å². The van der Waals surface area contributed by atoms with Crippen LogP contribution in [0.25, 0.3) is 21.7 Å². The van der Waals surface area contributed by atoms with Crippen LogP contribution in [-0.2, 0) is 16.1 Å². The Hall–Kier alpha value is -2.31. The zero-order valence-corrected chi connectivity index (χ0v) is 17.0. The summed E-state index contributed by atoms with van der Waals surface area (Å²) in [5.74, 6) is 1.55. The van der Waals surface area contributed by atoms with Crippen LogP contribution in [0.4, 0.5) is 5.82 Å². The van der Waals surface area contributed by atoms with Gasteiger partial charge >= 0.3 is 0 Å². The van der Waals surface area contributed by atoms with Crippen molar-refractivity contribution in [3.05, 3.63) is 65.3 Å². The smallest absolute Gasteiger partial charge is 0.162 e. The van der Waals surface area contributed by atoms with Crippen molar-refractivity contribution in [3.8, 4) is 21.7 Å². The summed E-state index contributed by atoms with van der Waals surface area (Å²) in [4.78, 5) is 10.3. The summed E-state index contributed by atoms with van der Waals surface area (Å²) < 4.78 is 17.2. The zero-order valence-electron chi connectivity index (χ0n) is 15.4. The Kier molecular flexibility index (Phi) is 4.93. The summed E-state index contributed by atoms with van der Waals surface area (Å²) >= 11 is 1.70. The van der Waals surface area contributed by atoms with Crippen molar-refractivity contribution in [1.82, 2.24) is 9.97 Å². The van der Waals surface area contributed by atoms with Crippen molar-refractivity contribution < 1.29 is 4.21 Å². The molecule has 3 heterocycles. The third kappa shape index (κ3) is 3.87. The molecule has 0 N–H and O–H groups in total. The van der Waals surface area contributed by atoms with Gasteiger partial charge in [-0.3, -0.25) is 0 Å². The average molecular weight is 396 g/mol. The Morgan fingerprint density at radius 3 is 2.70 bits per heavy atom. The van der Waals surface area contributed by atoms with Crippen LogP contribution in [-0.4, -0.2) is 25.7 Å². The number of hydrogen-bond acceptors (Lipinski definition) is 5. The van der Waals surface area contributed by atoms with E-state index in [1.54, 1.807) is 17.5 Å². The maximum Gasteiger partial charge on any atom is 0.162 e. The van der Waals surface area contributed by atoms with E-state index >= 15 is 0 Å². The number of hydrogen-bond donors (Lipinski definition) is 0. The van der Waals surface area contributed by atoms with Crippen molar-refractivity contribution in [2.75, 3.05) is 11.5 Å². The van der Waals surface area contributed by atoms with E-state index < -0.39 is 9.73 Å². The second-order valence-electron chi connectivity index (χ2n) is 6.58. The molecule has 138 valence electrons. The van der Waals surface area contributed by atoms with E-state index in [1.165, 1.54) is 5.56 Å².